The molecule has 1 aliphatic heterocycles. The molecule has 1 aliphatic carbocycles. The Morgan fingerprint density at radius 2 is 2.28 bits per heavy atom. The van der Waals surface area contributed by atoms with E-state index in [-0.39, 0.29) is 29.5 Å². The zero-order valence-corrected chi connectivity index (χ0v) is 9.78. The Kier molecular flexibility index (Phi) is 2.50. The zero-order chi connectivity index (χ0) is 12.9. The molecule has 96 valence electrons. The third-order valence-corrected chi connectivity index (χ3v) is 3.55. The number of ether oxygens (including phenoxy) is 2. The van der Waals surface area contributed by atoms with Gasteiger partial charge in [-0.25, -0.2) is 8.78 Å². The van der Waals surface area contributed by atoms with Crippen molar-refractivity contribution in [3.63, 3.8) is 0 Å². The third kappa shape index (κ3) is 1.57. The molecule has 2 aliphatic rings. The molecular weight excluding hydrogens is 242 g/mol. The van der Waals surface area contributed by atoms with Gasteiger partial charge in [0, 0.05) is 29.5 Å². The van der Waals surface area contributed by atoms with Crippen molar-refractivity contribution in [2.45, 2.75) is 12.8 Å². The Morgan fingerprint density at radius 3 is 3.00 bits per heavy atom. The lowest BCUT2D eigenvalue weighted by Crippen LogP contribution is -2.11. The summed E-state index contributed by atoms with van der Waals surface area (Å²) in [5.74, 6) is -2.06. The number of hydrogen-bond donors (Lipinski definition) is 0. The lowest BCUT2D eigenvalue weighted by atomic mass is 10.0. The third-order valence-electron chi connectivity index (χ3n) is 3.55. The summed E-state index contributed by atoms with van der Waals surface area (Å²) in [6, 6.07) is 1.99. The second kappa shape index (κ2) is 3.93. The number of carbonyl (C=O) groups is 1. The molecule has 0 saturated heterocycles. The molecule has 3 atom stereocenters. The molecule has 5 heteroatoms. The van der Waals surface area contributed by atoms with Gasteiger partial charge < -0.3 is 9.47 Å². The molecule has 3 nitrogen and oxygen atoms in total. The highest BCUT2D eigenvalue weighted by atomic mass is 19.1. The maximum Gasteiger partial charge on any atom is 0.309 e. The largest absolute Gasteiger partial charge is 0.493 e. The molecule has 0 radical (unpaired) electrons. The fourth-order valence-corrected chi connectivity index (χ4v) is 2.72. The first kappa shape index (κ1) is 11.4. The quantitative estimate of drug-likeness (QED) is 0.759. The fraction of sp³-hybridized carbons (Fsp3) is 0.462. The molecular formula is C13H12F2O3. The molecule has 1 saturated carbocycles. The van der Waals surface area contributed by atoms with Crippen LogP contribution in [-0.2, 0) is 9.53 Å². The van der Waals surface area contributed by atoms with Crippen LogP contribution < -0.4 is 4.74 Å². The van der Waals surface area contributed by atoms with E-state index in [1.807, 2.05) is 0 Å². The summed E-state index contributed by atoms with van der Waals surface area (Å²) < 4.78 is 37.1. The van der Waals surface area contributed by atoms with Crippen molar-refractivity contribution < 1.29 is 23.0 Å². The van der Waals surface area contributed by atoms with Gasteiger partial charge in [0.05, 0.1) is 19.1 Å². The molecule has 0 spiro atoms. The second-order valence-electron chi connectivity index (χ2n) is 4.58. The summed E-state index contributed by atoms with van der Waals surface area (Å²) in [6.07, 6.45) is 0. The first-order valence-electron chi connectivity index (χ1n) is 5.92. The predicted molar refractivity (Wildman–Crippen MR) is 58.2 cm³/mol. The minimum absolute atomic E-state index is 0.0449. The fourth-order valence-electron chi connectivity index (χ4n) is 2.72. The van der Waals surface area contributed by atoms with E-state index in [0.29, 0.717) is 18.8 Å². The monoisotopic (exact) mass is 254 g/mol. The Bertz CT molecular complexity index is 515. The molecule has 3 rings (SSSR count). The van der Waals surface area contributed by atoms with Crippen molar-refractivity contribution in [2.24, 2.45) is 11.8 Å². The van der Waals surface area contributed by atoms with Crippen molar-refractivity contribution in [1.82, 2.24) is 0 Å². The smallest absolute Gasteiger partial charge is 0.309 e. The number of fused-ring (bicyclic) bond motifs is 3. The first-order chi connectivity index (χ1) is 8.63. The van der Waals surface area contributed by atoms with Crippen LogP contribution in [0.25, 0.3) is 0 Å². The highest BCUT2D eigenvalue weighted by Gasteiger charge is 2.60. The van der Waals surface area contributed by atoms with E-state index >= 15 is 0 Å². The van der Waals surface area contributed by atoms with E-state index in [4.69, 9.17) is 9.47 Å². The van der Waals surface area contributed by atoms with Gasteiger partial charge >= 0.3 is 5.97 Å². The maximum atomic E-state index is 13.8. The van der Waals surface area contributed by atoms with Crippen LogP contribution in [0.5, 0.6) is 5.75 Å². The summed E-state index contributed by atoms with van der Waals surface area (Å²) in [5, 5.41) is 0. The second-order valence-corrected chi connectivity index (χ2v) is 4.58. The molecule has 0 N–H and O–H groups in total. The van der Waals surface area contributed by atoms with Gasteiger partial charge in [0.15, 0.2) is 0 Å². The molecule has 0 amide bonds. The Labute approximate surface area is 103 Å². The van der Waals surface area contributed by atoms with Gasteiger partial charge in [0.25, 0.3) is 0 Å². The van der Waals surface area contributed by atoms with E-state index in [0.717, 1.165) is 12.1 Å². The van der Waals surface area contributed by atoms with E-state index < -0.39 is 11.6 Å². The zero-order valence-electron chi connectivity index (χ0n) is 9.78. The Balaban J connectivity index is 1.93. The number of carbonyl (C=O) groups excluding carboxylic acids is 1. The van der Waals surface area contributed by atoms with Crippen molar-refractivity contribution in [3.05, 3.63) is 29.3 Å². The molecule has 3 unspecified atom stereocenters. The summed E-state index contributed by atoms with van der Waals surface area (Å²) in [5.41, 5.74) is 0.311. The van der Waals surface area contributed by atoms with Crippen molar-refractivity contribution in [3.8, 4) is 5.75 Å². The molecule has 0 bridgehead atoms. The molecule has 1 aromatic rings. The molecule has 0 aromatic heterocycles. The Hall–Kier alpha value is -1.65. The highest BCUT2D eigenvalue weighted by Crippen LogP contribution is 2.60. The summed E-state index contributed by atoms with van der Waals surface area (Å²) >= 11 is 0. The van der Waals surface area contributed by atoms with Gasteiger partial charge in [-0.05, 0) is 6.92 Å². The number of hydrogen-bond acceptors (Lipinski definition) is 3. The first-order valence-corrected chi connectivity index (χ1v) is 5.92. The standard InChI is InChI=1S/C13H12F2O3/c1-2-17-13(16)11-7-5-18-9-4-6(14)3-8(15)12(9)10(7)11/h3-4,7,10-11H,2,5H2,1H3. The maximum absolute atomic E-state index is 13.8. The van der Waals surface area contributed by atoms with Crippen LogP contribution >= 0.6 is 0 Å². The number of benzene rings is 1. The summed E-state index contributed by atoms with van der Waals surface area (Å²) in [4.78, 5) is 11.7. The predicted octanol–water partition coefficient (Wildman–Crippen LogP) is 2.25. The number of halogens is 2. The van der Waals surface area contributed by atoms with Gasteiger partial charge in [0.2, 0.25) is 0 Å². The normalized spacial score (nSPS) is 27.8. The van der Waals surface area contributed by atoms with Gasteiger partial charge in [-0.2, -0.15) is 0 Å². The minimum Gasteiger partial charge on any atom is -0.493 e. The topological polar surface area (TPSA) is 35.5 Å². The summed E-state index contributed by atoms with van der Waals surface area (Å²) in [6.45, 7) is 2.34. The van der Waals surface area contributed by atoms with Crippen LogP contribution in [0.2, 0.25) is 0 Å². The van der Waals surface area contributed by atoms with E-state index in [1.165, 1.54) is 0 Å². The number of rotatable bonds is 2. The summed E-state index contributed by atoms with van der Waals surface area (Å²) in [7, 11) is 0. The van der Waals surface area contributed by atoms with Crippen LogP contribution in [0, 0.1) is 23.5 Å². The highest BCUT2D eigenvalue weighted by molar-refractivity contribution is 5.79. The molecule has 1 fully saturated rings. The van der Waals surface area contributed by atoms with Crippen LogP contribution in [-0.4, -0.2) is 19.2 Å². The van der Waals surface area contributed by atoms with Crippen LogP contribution in [0.3, 0.4) is 0 Å². The van der Waals surface area contributed by atoms with Crippen molar-refractivity contribution in [1.29, 1.82) is 0 Å². The van der Waals surface area contributed by atoms with E-state index in [9.17, 15) is 13.6 Å². The minimum atomic E-state index is -0.668. The van der Waals surface area contributed by atoms with Gasteiger partial charge in [-0.3, -0.25) is 4.79 Å². The molecule has 18 heavy (non-hydrogen) atoms. The molecule has 1 aromatic carbocycles. The SMILES string of the molecule is CCOC(=O)C1C2COc3cc(F)cc(F)c3C21. The van der Waals surface area contributed by atoms with Gasteiger partial charge in [-0.15, -0.1) is 0 Å². The van der Waals surface area contributed by atoms with E-state index in [1.54, 1.807) is 6.92 Å². The van der Waals surface area contributed by atoms with Crippen molar-refractivity contribution >= 4 is 5.97 Å². The lowest BCUT2D eigenvalue weighted by molar-refractivity contribution is -0.145. The average molecular weight is 254 g/mol. The van der Waals surface area contributed by atoms with Crippen LogP contribution in [0.15, 0.2) is 12.1 Å². The van der Waals surface area contributed by atoms with Crippen LogP contribution in [0.4, 0.5) is 8.78 Å². The van der Waals surface area contributed by atoms with E-state index in [2.05, 4.69) is 0 Å². The van der Waals surface area contributed by atoms with Gasteiger partial charge in [0.1, 0.15) is 17.4 Å². The average Bonchev–Trinajstić information content (AvgIpc) is 3.02. The van der Waals surface area contributed by atoms with Crippen molar-refractivity contribution in [2.75, 3.05) is 13.2 Å². The Morgan fingerprint density at radius 1 is 1.50 bits per heavy atom. The molecule has 1 heterocycles. The van der Waals surface area contributed by atoms with Gasteiger partial charge in [-0.1, -0.05) is 0 Å². The lowest BCUT2D eigenvalue weighted by Gasteiger charge is -2.16. The number of esters is 1. The van der Waals surface area contributed by atoms with Crippen LogP contribution in [0.1, 0.15) is 18.4 Å².